The van der Waals surface area contributed by atoms with Crippen LogP contribution in [0.3, 0.4) is 0 Å². The van der Waals surface area contributed by atoms with Crippen LogP contribution in [-0.2, 0) is 4.79 Å². The number of primary amides is 1. The molecule has 0 spiro atoms. The number of nitrogens with one attached hydrogen (secondary N) is 1. The molecule has 0 bridgehead atoms. The monoisotopic (exact) mass is 172 g/mol. The number of amides is 3. The van der Waals surface area contributed by atoms with Gasteiger partial charge in [0.1, 0.15) is 0 Å². The molecule has 3 amide bonds. The van der Waals surface area contributed by atoms with Gasteiger partial charge >= 0.3 is 6.03 Å². The van der Waals surface area contributed by atoms with E-state index in [9.17, 15) is 9.59 Å². The van der Waals surface area contributed by atoms with Crippen molar-refractivity contribution < 1.29 is 9.59 Å². The number of nitrogens with two attached hydrogens (primary N) is 1. The van der Waals surface area contributed by atoms with Gasteiger partial charge in [-0.25, -0.2) is 4.79 Å². The number of carbonyl (C=O) groups is 2. The molecule has 0 aromatic rings. The topological polar surface area (TPSA) is 72.2 Å². The highest BCUT2D eigenvalue weighted by Gasteiger charge is 2.19. The number of rotatable bonds is 3. The molecule has 2 atom stereocenters. The molecule has 0 unspecified atom stereocenters. The summed E-state index contributed by atoms with van der Waals surface area (Å²) in [5.74, 6) is -0.191. The minimum Gasteiger partial charge on any atom is -0.351 e. The third kappa shape index (κ3) is 3.37. The molecule has 0 aliphatic rings. The quantitative estimate of drug-likeness (QED) is 0.662. The second kappa shape index (κ2) is 4.74. The Morgan fingerprint density at radius 1 is 1.42 bits per heavy atom. The van der Waals surface area contributed by atoms with E-state index in [2.05, 4.69) is 5.32 Å². The highest BCUT2D eigenvalue weighted by atomic mass is 16.2. The highest BCUT2D eigenvalue weighted by molar-refractivity contribution is 5.94. The number of urea groups is 1. The summed E-state index contributed by atoms with van der Waals surface area (Å²) >= 11 is 0. The zero-order valence-corrected chi connectivity index (χ0v) is 7.76. The van der Waals surface area contributed by atoms with Gasteiger partial charge < -0.3 is 5.73 Å². The average molecular weight is 172 g/mol. The maximum Gasteiger partial charge on any atom is 0.318 e. The van der Waals surface area contributed by atoms with Crippen LogP contribution in [0, 0.1) is 11.8 Å². The molecule has 0 aliphatic carbocycles. The summed E-state index contributed by atoms with van der Waals surface area (Å²) in [6, 6.07) is -0.782. The van der Waals surface area contributed by atoms with E-state index in [-0.39, 0.29) is 17.7 Å². The fourth-order valence-electron chi connectivity index (χ4n) is 0.847. The Labute approximate surface area is 72.5 Å². The van der Waals surface area contributed by atoms with Gasteiger partial charge in [0, 0.05) is 5.92 Å². The number of imide groups is 1. The number of carbonyl (C=O) groups excluding carboxylic acids is 2. The lowest BCUT2D eigenvalue weighted by Gasteiger charge is -2.15. The SMILES string of the molecule is CC[C@H](C)[C@H](C)C(=O)NC(N)=O. The first-order valence-corrected chi connectivity index (χ1v) is 4.09. The van der Waals surface area contributed by atoms with Crippen LogP contribution >= 0.6 is 0 Å². The average Bonchev–Trinajstić information content (AvgIpc) is 2.00. The van der Waals surface area contributed by atoms with Crippen molar-refractivity contribution in [3.63, 3.8) is 0 Å². The summed E-state index contributed by atoms with van der Waals surface area (Å²) in [5, 5.41) is 2.06. The third-order valence-corrected chi connectivity index (χ3v) is 2.16. The van der Waals surface area contributed by atoms with Crippen molar-refractivity contribution in [2.45, 2.75) is 27.2 Å². The van der Waals surface area contributed by atoms with Crippen molar-refractivity contribution in [3.8, 4) is 0 Å². The van der Waals surface area contributed by atoms with Crippen molar-refractivity contribution in [2.75, 3.05) is 0 Å². The van der Waals surface area contributed by atoms with Gasteiger partial charge in [0.2, 0.25) is 5.91 Å². The van der Waals surface area contributed by atoms with Crippen molar-refractivity contribution in [3.05, 3.63) is 0 Å². The molecule has 0 radical (unpaired) electrons. The predicted octanol–water partition coefficient (Wildman–Crippen LogP) is 0.864. The molecule has 0 aromatic carbocycles. The van der Waals surface area contributed by atoms with Gasteiger partial charge in [-0.2, -0.15) is 0 Å². The molecule has 0 rings (SSSR count). The standard InChI is InChI=1S/C8H16N2O2/c1-4-5(2)6(3)7(11)10-8(9)12/h5-6H,4H2,1-3H3,(H3,9,10,11,12)/t5-,6-/m0/s1. The van der Waals surface area contributed by atoms with Crippen LogP contribution in [0.25, 0.3) is 0 Å². The van der Waals surface area contributed by atoms with E-state index in [1.54, 1.807) is 6.92 Å². The molecular weight excluding hydrogens is 156 g/mol. The molecule has 0 aliphatic heterocycles. The van der Waals surface area contributed by atoms with E-state index < -0.39 is 6.03 Å². The Kier molecular flexibility index (Phi) is 4.33. The fraction of sp³-hybridized carbons (Fsp3) is 0.750. The van der Waals surface area contributed by atoms with E-state index in [0.717, 1.165) is 6.42 Å². The van der Waals surface area contributed by atoms with Crippen LogP contribution in [0.15, 0.2) is 0 Å². The normalized spacial score (nSPS) is 14.9. The van der Waals surface area contributed by atoms with Crippen LogP contribution in [0.1, 0.15) is 27.2 Å². The van der Waals surface area contributed by atoms with E-state index in [1.807, 2.05) is 13.8 Å². The largest absolute Gasteiger partial charge is 0.351 e. The third-order valence-electron chi connectivity index (χ3n) is 2.16. The molecule has 0 aromatic heterocycles. The van der Waals surface area contributed by atoms with Crippen LogP contribution in [0.5, 0.6) is 0 Å². The van der Waals surface area contributed by atoms with E-state index in [4.69, 9.17) is 5.73 Å². The Hall–Kier alpha value is -1.06. The van der Waals surface area contributed by atoms with Crippen molar-refractivity contribution in [1.29, 1.82) is 0 Å². The van der Waals surface area contributed by atoms with Crippen LogP contribution in [0.2, 0.25) is 0 Å². The molecule has 70 valence electrons. The van der Waals surface area contributed by atoms with E-state index in [1.165, 1.54) is 0 Å². The van der Waals surface area contributed by atoms with Gasteiger partial charge in [-0.15, -0.1) is 0 Å². The summed E-state index contributed by atoms with van der Waals surface area (Å²) in [6.45, 7) is 5.75. The Bertz CT molecular complexity index is 180. The molecule has 4 heteroatoms. The first-order chi connectivity index (χ1) is 5.49. The highest BCUT2D eigenvalue weighted by Crippen LogP contribution is 2.13. The molecule has 3 N–H and O–H groups in total. The van der Waals surface area contributed by atoms with Crippen molar-refractivity contribution >= 4 is 11.9 Å². The first-order valence-electron chi connectivity index (χ1n) is 4.09. The van der Waals surface area contributed by atoms with Gasteiger partial charge in [0.15, 0.2) is 0 Å². The number of hydrogen-bond donors (Lipinski definition) is 2. The summed E-state index contributed by atoms with van der Waals surface area (Å²) in [4.78, 5) is 21.5. The molecule has 0 heterocycles. The van der Waals surface area contributed by atoms with Crippen LogP contribution in [0.4, 0.5) is 4.79 Å². The van der Waals surface area contributed by atoms with E-state index in [0.29, 0.717) is 0 Å². The van der Waals surface area contributed by atoms with Gasteiger partial charge in [-0.3, -0.25) is 10.1 Å². The summed E-state index contributed by atoms with van der Waals surface area (Å²) in [6.07, 6.45) is 0.910. The van der Waals surface area contributed by atoms with Gasteiger partial charge in [0.05, 0.1) is 0 Å². The first kappa shape index (κ1) is 10.9. The second-order valence-corrected chi connectivity index (χ2v) is 3.03. The van der Waals surface area contributed by atoms with Gasteiger partial charge in [-0.1, -0.05) is 27.2 Å². The molecule has 12 heavy (non-hydrogen) atoms. The van der Waals surface area contributed by atoms with Crippen molar-refractivity contribution in [2.24, 2.45) is 17.6 Å². The molecule has 4 nitrogen and oxygen atoms in total. The zero-order chi connectivity index (χ0) is 9.72. The maximum atomic E-state index is 11.1. The molecular formula is C8H16N2O2. The molecule has 0 saturated heterocycles. The lowest BCUT2D eigenvalue weighted by Crippen LogP contribution is -2.39. The number of hydrogen-bond acceptors (Lipinski definition) is 2. The van der Waals surface area contributed by atoms with Gasteiger partial charge in [-0.05, 0) is 5.92 Å². The minimum absolute atomic E-state index is 0.164. The predicted molar refractivity (Wildman–Crippen MR) is 46.3 cm³/mol. The fourth-order valence-corrected chi connectivity index (χ4v) is 0.847. The Morgan fingerprint density at radius 3 is 2.25 bits per heavy atom. The van der Waals surface area contributed by atoms with Crippen LogP contribution in [-0.4, -0.2) is 11.9 Å². The van der Waals surface area contributed by atoms with E-state index >= 15 is 0 Å². The smallest absolute Gasteiger partial charge is 0.318 e. The maximum absolute atomic E-state index is 11.1. The van der Waals surface area contributed by atoms with Gasteiger partial charge in [0.25, 0.3) is 0 Å². The summed E-state index contributed by atoms with van der Waals surface area (Å²) in [7, 11) is 0. The van der Waals surface area contributed by atoms with Crippen molar-refractivity contribution in [1.82, 2.24) is 5.32 Å². The molecule has 0 fully saturated rings. The second-order valence-electron chi connectivity index (χ2n) is 3.03. The zero-order valence-electron chi connectivity index (χ0n) is 7.76. The van der Waals surface area contributed by atoms with Crippen LogP contribution < -0.4 is 11.1 Å². The Morgan fingerprint density at radius 2 is 1.92 bits per heavy atom. The summed E-state index contributed by atoms with van der Waals surface area (Å²) < 4.78 is 0. The minimum atomic E-state index is -0.782. The lowest BCUT2D eigenvalue weighted by atomic mass is 9.93. The molecule has 0 saturated carbocycles. The Balaban J connectivity index is 4.01. The lowest BCUT2D eigenvalue weighted by molar-refractivity contribution is -0.124. The summed E-state index contributed by atoms with van der Waals surface area (Å²) in [5.41, 5.74) is 4.80.